The van der Waals surface area contributed by atoms with Crippen LogP contribution in [0.25, 0.3) is 33.3 Å². The maximum absolute atomic E-state index is 15.7. The van der Waals surface area contributed by atoms with E-state index in [1.165, 1.54) is 11.0 Å². The summed E-state index contributed by atoms with van der Waals surface area (Å²) in [6.07, 6.45) is 3.58. The minimum atomic E-state index is -0.479. The molecule has 2 N–H and O–H groups in total. The number of carbonyl (C=O) groups is 1. The summed E-state index contributed by atoms with van der Waals surface area (Å²) in [5, 5.41) is 4.10. The Morgan fingerprint density at radius 1 is 1.08 bits per heavy atom. The number of hydrogen-bond acceptors (Lipinski definition) is 5. The van der Waals surface area contributed by atoms with Gasteiger partial charge in [-0.1, -0.05) is 32.0 Å². The van der Waals surface area contributed by atoms with Crippen molar-refractivity contribution in [2.24, 2.45) is 5.41 Å². The van der Waals surface area contributed by atoms with Gasteiger partial charge < -0.3 is 24.8 Å². The number of nitrogens with one attached hydrogen (secondary N) is 2. The van der Waals surface area contributed by atoms with Gasteiger partial charge >= 0.3 is 0 Å². The van der Waals surface area contributed by atoms with E-state index in [1.54, 1.807) is 33.5 Å². The molecule has 1 amide bonds. The number of ether oxygens (including phenoxy) is 1. The summed E-state index contributed by atoms with van der Waals surface area (Å²) in [5.74, 6) is -0.00661. The molecule has 0 aliphatic carbocycles. The highest BCUT2D eigenvalue weighted by Crippen LogP contribution is 2.37. The van der Waals surface area contributed by atoms with Gasteiger partial charge in [-0.3, -0.25) is 4.79 Å². The van der Waals surface area contributed by atoms with Gasteiger partial charge in [0.25, 0.3) is 5.91 Å². The predicted octanol–water partition coefficient (Wildman–Crippen LogP) is 5.75. The Hall–Kier alpha value is -3.91. The summed E-state index contributed by atoms with van der Waals surface area (Å²) in [6, 6.07) is 12.9. The van der Waals surface area contributed by atoms with E-state index in [2.05, 4.69) is 34.0 Å². The van der Waals surface area contributed by atoms with Crippen molar-refractivity contribution in [3.05, 3.63) is 66.2 Å². The number of benzene rings is 2. The third kappa shape index (κ3) is 5.65. The Morgan fingerprint density at radius 3 is 2.50 bits per heavy atom. The molecule has 7 nitrogen and oxygen atoms in total. The number of amides is 1. The van der Waals surface area contributed by atoms with E-state index >= 15 is 4.39 Å². The van der Waals surface area contributed by atoms with Crippen LogP contribution in [-0.4, -0.2) is 74.1 Å². The van der Waals surface area contributed by atoms with Crippen LogP contribution < -0.4 is 10.1 Å². The van der Waals surface area contributed by atoms with Crippen LogP contribution in [0.2, 0.25) is 0 Å². The molecular formula is C30H36FN5O2. The number of fused-ring (bicyclic) bond motifs is 1. The predicted molar refractivity (Wildman–Crippen MR) is 152 cm³/mol. The fourth-order valence-corrected chi connectivity index (χ4v) is 4.85. The highest BCUT2D eigenvalue weighted by molar-refractivity contribution is 6.02. The summed E-state index contributed by atoms with van der Waals surface area (Å²) < 4.78 is 21.2. The minimum absolute atomic E-state index is 0.134. The summed E-state index contributed by atoms with van der Waals surface area (Å²) >= 11 is 0. The number of H-pyrrole nitrogens is 1. The van der Waals surface area contributed by atoms with Crippen molar-refractivity contribution in [1.82, 2.24) is 19.8 Å². The quantitative estimate of drug-likeness (QED) is 0.296. The monoisotopic (exact) mass is 517 g/mol. The van der Waals surface area contributed by atoms with Crippen molar-refractivity contribution in [2.75, 3.05) is 53.7 Å². The van der Waals surface area contributed by atoms with Crippen LogP contribution in [0.3, 0.4) is 0 Å². The number of anilines is 1. The van der Waals surface area contributed by atoms with E-state index < -0.39 is 5.82 Å². The fraction of sp³-hybridized carbons (Fsp3) is 0.333. The van der Waals surface area contributed by atoms with Crippen LogP contribution in [0.4, 0.5) is 10.1 Å². The number of carbonyl (C=O) groups excluding carboxylic acids is 1. The first kappa shape index (κ1) is 27.1. The van der Waals surface area contributed by atoms with Crippen LogP contribution in [0, 0.1) is 11.2 Å². The smallest absolute Gasteiger partial charge is 0.255 e. The lowest BCUT2D eigenvalue weighted by Gasteiger charge is -2.29. The molecule has 0 fully saturated rings. The number of para-hydroxylation sites is 1. The Morgan fingerprint density at radius 2 is 1.82 bits per heavy atom. The molecule has 0 aliphatic rings. The Balaban J connectivity index is 1.78. The molecule has 2 aromatic heterocycles. The standard InChI is InChI=1S/C30H36FN5O2/c1-30(2,18-35(3)4)17-34-27-23(29(37)36(5)6)12-19(14-25(27)31)20-13-22-24(16-33-28(22)32-15-20)21-10-8-9-11-26(21)38-7/h8-16,34H,17-18H2,1-7H3,(H,32,33). The zero-order valence-electron chi connectivity index (χ0n) is 23.1. The van der Waals surface area contributed by atoms with E-state index in [-0.39, 0.29) is 22.6 Å². The lowest BCUT2D eigenvalue weighted by molar-refractivity contribution is 0.0828. The van der Waals surface area contributed by atoms with E-state index in [0.29, 0.717) is 23.3 Å². The van der Waals surface area contributed by atoms with Gasteiger partial charge in [-0.25, -0.2) is 9.37 Å². The topological polar surface area (TPSA) is 73.5 Å². The minimum Gasteiger partial charge on any atom is -0.496 e. The number of halogens is 1. The number of rotatable bonds is 9. The van der Waals surface area contributed by atoms with Crippen molar-refractivity contribution >= 4 is 22.6 Å². The average Bonchev–Trinajstić information content (AvgIpc) is 3.29. The number of nitrogens with zero attached hydrogens (tertiary/aromatic N) is 3. The first-order valence-corrected chi connectivity index (χ1v) is 12.6. The maximum atomic E-state index is 15.7. The lowest BCUT2D eigenvalue weighted by Crippen LogP contribution is -2.35. The van der Waals surface area contributed by atoms with Gasteiger partial charge in [-0.2, -0.15) is 0 Å². The second-order valence-corrected chi connectivity index (χ2v) is 10.9. The second-order valence-electron chi connectivity index (χ2n) is 10.9. The highest BCUT2D eigenvalue weighted by atomic mass is 19.1. The van der Waals surface area contributed by atoms with Crippen LogP contribution in [-0.2, 0) is 0 Å². The van der Waals surface area contributed by atoms with Gasteiger partial charge in [0.1, 0.15) is 17.2 Å². The first-order valence-electron chi connectivity index (χ1n) is 12.6. The van der Waals surface area contributed by atoms with Gasteiger partial charge in [0.2, 0.25) is 0 Å². The molecule has 0 saturated carbocycles. The van der Waals surface area contributed by atoms with Crippen LogP contribution >= 0.6 is 0 Å². The SMILES string of the molecule is COc1ccccc1-c1c[nH]c2ncc(-c3cc(F)c(NCC(C)(C)CN(C)C)c(C(=O)N(C)C)c3)cc12. The molecule has 4 rings (SSSR count). The molecular weight excluding hydrogens is 481 g/mol. The van der Waals surface area contributed by atoms with Crippen molar-refractivity contribution in [3.63, 3.8) is 0 Å². The van der Waals surface area contributed by atoms with Crippen molar-refractivity contribution < 1.29 is 13.9 Å². The molecule has 0 aliphatic heterocycles. The number of hydrogen-bond donors (Lipinski definition) is 2. The average molecular weight is 518 g/mol. The number of methoxy groups -OCH3 is 1. The molecule has 0 radical (unpaired) electrons. The Labute approximate surface area is 223 Å². The molecule has 38 heavy (non-hydrogen) atoms. The van der Waals surface area contributed by atoms with Crippen LogP contribution in [0.5, 0.6) is 5.75 Å². The number of aromatic nitrogens is 2. The summed E-state index contributed by atoms with van der Waals surface area (Å²) in [7, 11) is 8.99. The van der Waals surface area contributed by atoms with Gasteiger partial charge in [-0.15, -0.1) is 0 Å². The molecule has 0 saturated heterocycles. The van der Waals surface area contributed by atoms with Gasteiger partial charge in [0, 0.05) is 61.7 Å². The molecule has 200 valence electrons. The van der Waals surface area contributed by atoms with Gasteiger partial charge in [0.05, 0.1) is 18.4 Å². The van der Waals surface area contributed by atoms with Crippen molar-refractivity contribution in [1.29, 1.82) is 0 Å². The Bertz CT molecular complexity index is 1460. The summed E-state index contributed by atoms with van der Waals surface area (Å²) in [6.45, 7) is 5.54. The van der Waals surface area contributed by atoms with Gasteiger partial charge in [0.15, 0.2) is 0 Å². The van der Waals surface area contributed by atoms with Gasteiger partial charge in [-0.05, 0) is 49.3 Å². The first-order chi connectivity index (χ1) is 18.0. The molecule has 0 unspecified atom stereocenters. The second kappa shape index (κ2) is 10.8. The molecule has 8 heteroatoms. The van der Waals surface area contributed by atoms with E-state index in [1.807, 2.05) is 50.6 Å². The molecule has 0 bridgehead atoms. The van der Waals surface area contributed by atoms with Crippen molar-refractivity contribution in [3.8, 4) is 28.0 Å². The molecule has 2 aromatic carbocycles. The zero-order chi connectivity index (χ0) is 27.6. The summed E-state index contributed by atoms with van der Waals surface area (Å²) in [5.41, 5.74) is 4.21. The third-order valence-electron chi connectivity index (χ3n) is 6.48. The molecule has 0 spiro atoms. The normalized spacial score (nSPS) is 11.7. The Kier molecular flexibility index (Phi) is 7.73. The number of aromatic amines is 1. The lowest BCUT2D eigenvalue weighted by atomic mass is 9.92. The molecule has 4 aromatic rings. The van der Waals surface area contributed by atoms with E-state index in [9.17, 15) is 4.79 Å². The maximum Gasteiger partial charge on any atom is 0.255 e. The largest absolute Gasteiger partial charge is 0.496 e. The van der Waals surface area contributed by atoms with Crippen molar-refractivity contribution in [2.45, 2.75) is 13.8 Å². The van der Waals surface area contributed by atoms with Crippen LogP contribution in [0.15, 0.2) is 54.9 Å². The molecule has 2 heterocycles. The zero-order valence-corrected chi connectivity index (χ0v) is 23.1. The third-order valence-corrected chi connectivity index (χ3v) is 6.48. The number of pyridine rings is 1. The van der Waals surface area contributed by atoms with E-state index in [0.717, 1.165) is 28.8 Å². The van der Waals surface area contributed by atoms with E-state index in [4.69, 9.17) is 4.74 Å². The molecule has 0 atom stereocenters. The summed E-state index contributed by atoms with van der Waals surface area (Å²) in [4.78, 5) is 24.5. The fourth-order valence-electron chi connectivity index (χ4n) is 4.85. The highest BCUT2D eigenvalue weighted by Gasteiger charge is 2.24. The van der Waals surface area contributed by atoms with Crippen LogP contribution in [0.1, 0.15) is 24.2 Å².